The molecule has 1 unspecified atom stereocenters. The van der Waals surface area contributed by atoms with Gasteiger partial charge in [0.25, 0.3) is 0 Å². The average Bonchev–Trinajstić information content (AvgIpc) is 3.48. The molecule has 1 aromatic heterocycles. The van der Waals surface area contributed by atoms with E-state index in [9.17, 15) is 4.39 Å². The number of alkyl halides is 1. The Kier molecular flexibility index (Phi) is 15.1. The summed E-state index contributed by atoms with van der Waals surface area (Å²) in [4.78, 5) is 7.37. The number of aryl methyl sites for hydroxylation is 2. The Balaban J connectivity index is 0.00000116. The molecule has 0 bridgehead atoms. The zero-order valence-corrected chi connectivity index (χ0v) is 26.5. The van der Waals surface area contributed by atoms with Gasteiger partial charge < -0.3 is 20.5 Å². The number of hydrogen-bond acceptors (Lipinski definition) is 4. The number of hydrogen-bond donors (Lipinski definition) is 4. The number of halogens is 1. The van der Waals surface area contributed by atoms with Crippen LogP contribution in [0, 0.1) is 13.8 Å². The minimum Gasteiger partial charge on any atom is -0.381 e. The van der Waals surface area contributed by atoms with Gasteiger partial charge in [-0.1, -0.05) is 66.0 Å². The zero-order chi connectivity index (χ0) is 31.1. The van der Waals surface area contributed by atoms with Crippen molar-refractivity contribution in [1.29, 1.82) is 0 Å². The van der Waals surface area contributed by atoms with Crippen molar-refractivity contribution in [3.05, 3.63) is 118 Å². The van der Waals surface area contributed by atoms with Crippen LogP contribution in [0.3, 0.4) is 0 Å². The van der Waals surface area contributed by atoms with E-state index in [-0.39, 0.29) is 0 Å². The topological polar surface area (TPSA) is 75.1 Å². The second kappa shape index (κ2) is 18.2. The highest BCUT2D eigenvalue weighted by molar-refractivity contribution is 6.53. The number of anilines is 1. The van der Waals surface area contributed by atoms with E-state index in [1.165, 1.54) is 62.9 Å². The maximum absolute atomic E-state index is 9.50. The van der Waals surface area contributed by atoms with Gasteiger partial charge in [-0.3, -0.25) is 4.39 Å². The molecule has 1 radical (unpaired) electrons. The van der Waals surface area contributed by atoms with Gasteiger partial charge in [-0.2, -0.15) is 0 Å². The van der Waals surface area contributed by atoms with Gasteiger partial charge in [0.15, 0.2) is 7.28 Å². The second-order valence-corrected chi connectivity index (χ2v) is 10.9. The van der Waals surface area contributed by atoms with Crippen molar-refractivity contribution in [2.24, 2.45) is 5.90 Å². The molecule has 0 spiro atoms. The summed E-state index contributed by atoms with van der Waals surface area (Å²) in [6.45, 7) is 17.6. The Hall–Kier alpha value is -3.39. The van der Waals surface area contributed by atoms with E-state index in [2.05, 4.69) is 136 Å². The molecule has 1 atom stereocenters. The lowest BCUT2D eigenvalue weighted by atomic mass is 9.61. The van der Waals surface area contributed by atoms with E-state index < -0.39 is 0 Å². The molecule has 1 aliphatic rings. The van der Waals surface area contributed by atoms with Gasteiger partial charge in [0, 0.05) is 30.2 Å². The molecule has 0 saturated heterocycles. The monoisotopic (exact) mass is 571 g/mol. The van der Waals surface area contributed by atoms with Gasteiger partial charge >= 0.3 is 0 Å². The summed E-state index contributed by atoms with van der Waals surface area (Å²) in [6.07, 6.45) is 4.59. The fourth-order valence-corrected chi connectivity index (χ4v) is 5.11. The van der Waals surface area contributed by atoms with Gasteiger partial charge in [-0.05, 0) is 98.9 Å². The number of nitrogens with two attached hydrogens (primary N) is 1. The van der Waals surface area contributed by atoms with Crippen LogP contribution >= 0.6 is 0 Å². The van der Waals surface area contributed by atoms with Gasteiger partial charge in [-0.15, -0.1) is 6.58 Å². The van der Waals surface area contributed by atoms with Crippen LogP contribution in [0.5, 0.6) is 0 Å². The third-order valence-corrected chi connectivity index (χ3v) is 7.02. The molecular weight excluding hydrogens is 522 g/mol. The van der Waals surface area contributed by atoms with E-state index >= 15 is 0 Å². The second-order valence-electron chi connectivity index (χ2n) is 10.9. The predicted octanol–water partition coefficient (Wildman–Crippen LogP) is 8.01. The number of aromatic nitrogens is 1. The molecule has 4 rings (SSSR count). The lowest BCUT2D eigenvalue weighted by Crippen LogP contribution is -2.14. The van der Waals surface area contributed by atoms with Crippen molar-refractivity contribution in [1.82, 2.24) is 10.3 Å². The highest BCUT2D eigenvalue weighted by Crippen LogP contribution is 2.37. The number of benzene rings is 2. The van der Waals surface area contributed by atoms with Crippen molar-refractivity contribution in [2.45, 2.75) is 66.4 Å². The number of rotatable bonds is 11. The summed E-state index contributed by atoms with van der Waals surface area (Å²) < 4.78 is 9.50. The summed E-state index contributed by atoms with van der Waals surface area (Å²) in [5.41, 5.74) is 13.9. The van der Waals surface area contributed by atoms with Gasteiger partial charge in [-0.25, -0.2) is 5.90 Å². The Morgan fingerprint density at radius 3 is 2.12 bits per heavy atom. The molecule has 0 fully saturated rings. The molecule has 1 aliphatic heterocycles. The van der Waals surface area contributed by atoms with Crippen LogP contribution in [0.1, 0.15) is 67.3 Å². The Labute approximate surface area is 253 Å². The van der Waals surface area contributed by atoms with Crippen LogP contribution in [0.15, 0.2) is 83.9 Å². The smallest absolute Gasteiger partial charge is 0.160 e. The van der Waals surface area contributed by atoms with E-state index in [4.69, 9.17) is 0 Å². The summed E-state index contributed by atoms with van der Waals surface area (Å²) >= 11 is 0. The third kappa shape index (κ3) is 10.8. The third-order valence-electron chi connectivity index (χ3n) is 7.02. The molecule has 3 aromatic rings. The molecule has 5 nitrogen and oxygen atoms in total. The van der Waals surface area contributed by atoms with Crippen molar-refractivity contribution in [3.63, 3.8) is 0 Å². The highest BCUT2D eigenvalue weighted by atomic mass is 19.1. The summed E-state index contributed by atoms with van der Waals surface area (Å²) in [5, 5.41) is 7.11. The maximum atomic E-state index is 9.50. The van der Waals surface area contributed by atoms with Crippen LogP contribution in [0.25, 0.3) is 5.57 Å². The van der Waals surface area contributed by atoms with Crippen LogP contribution in [-0.4, -0.2) is 33.1 Å². The molecule has 0 aliphatic carbocycles. The minimum atomic E-state index is 0.464. The summed E-state index contributed by atoms with van der Waals surface area (Å²) in [5.74, 6) is 4.81. The minimum absolute atomic E-state index is 0.464. The van der Waals surface area contributed by atoms with E-state index in [0.29, 0.717) is 13.0 Å². The fraction of sp³-hybridized carbons (Fsp3) is 0.371. The molecule has 0 saturated carbocycles. The Morgan fingerprint density at radius 1 is 1.02 bits per heavy atom. The normalized spacial score (nSPS) is 15.0. The van der Waals surface area contributed by atoms with Crippen LogP contribution in [0.4, 0.5) is 10.1 Å². The Bertz CT molecular complexity index is 1310. The van der Waals surface area contributed by atoms with Crippen LogP contribution < -0.4 is 16.5 Å². The first-order chi connectivity index (χ1) is 20.2. The number of nitrogens with one attached hydrogen (secondary N) is 3. The molecule has 42 heavy (non-hydrogen) atoms. The molecule has 225 valence electrons. The predicted molar refractivity (Wildman–Crippen MR) is 179 cm³/mol. The SMILES string of the molecule is C=C(C)CCCNCc1ccc(CNc2ccc(/C(=C3/[B]C(C)C=C3C)c3[nH]c(C)cc3C)cc2)cc1.CF.CON. The van der Waals surface area contributed by atoms with Gasteiger partial charge in [0.1, 0.15) is 0 Å². The first-order valence-electron chi connectivity index (χ1n) is 14.5. The van der Waals surface area contributed by atoms with Crippen LogP contribution in [-0.2, 0) is 17.9 Å². The fourth-order valence-electron chi connectivity index (χ4n) is 5.11. The summed E-state index contributed by atoms with van der Waals surface area (Å²) in [6, 6.07) is 20.0. The lowest BCUT2D eigenvalue weighted by Gasteiger charge is -2.15. The average molecular weight is 572 g/mol. The van der Waals surface area contributed by atoms with Crippen LogP contribution in [0.2, 0.25) is 5.82 Å². The molecular formula is C35H49BFN4O. The molecule has 2 aromatic carbocycles. The zero-order valence-electron chi connectivity index (χ0n) is 26.5. The van der Waals surface area contributed by atoms with E-state index in [0.717, 1.165) is 38.2 Å². The number of allylic oxidation sites excluding steroid dienone is 4. The highest BCUT2D eigenvalue weighted by Gasteiger charge is 2.23. The van der Waals surface area contributed by atoms with Gasteiger partial charge in [0.2, 0.25) is 0 Å². The largest absolute Gasteiger partial charge is 0.381 e. The van der Waals surface area contributed by atoms with Crippen molar-refractivity contribution in [3.8, 4) is 0 Å². The molecule has 7 heteroatoms. The maximum Gasteiger partial charge on any atom is 0.160 e. The van der Waals surface area contributed by atoms with E-state index in [1.807, 2.05) is 0 Å². The van der Waals surface area contributed by atoms with Crippen molar-refractivity contribution >= 4 is 18.5 Å². The van der Waals surface area contributed by atoms with Crippen molar-refractivity contribution in [2.75, 3.05) is 26.1 Å². The van der Waals surface area contributed by atoms with E-state index in [1.54, 1.807) is 0 Å². The molecule has 5 N–H and O–H groups in total. The first-order valence-corrected chi connectivity index (χ1v) is 14.5. The van der Waals surface area contributed by atoms with Gasteiger partial charge in [0.05, 0.1) is 14.3 Å². The number of H-pyrrole nitrogens is 1. The first kappa shape index (κ1) is 34.8. The quantitative estimate of drug-likeness (QED) is 0.0814. The Morgan fingerprint density at radius 2 is 1.62 bits per heavy atom. The van der Waals surface area contributed by atoms with Crippen molar-refractivity contribution < 1.29 is 9.23 Å². The number of aromatic amines is 1. The lowest BCUT2D eigenvalue weighted by molar-refractivity contribution is 0.206. The molecule has 2 heterocycles. The molecule has 0 amide bonds. The summed E-state index contributed by atoms with van der Waals surface area (Å²) in [7, 11) is 4.29. The standard InChI is InChI=1S/C33H41BN3.CH3F.CH5NO/c1-22(2)8-7-17-35-20-27-9-11-28(12-10-27)21-36-30-15-13-29(14-16-30)31(32-23(3)18-25(5)34-32)33-24(4)19-26(6)37-33;1-2;1-3-2/h9-16,18-19,25,35-37H,1,7-8,17,20-21H2,2-6H3;1H3;2H2,1H3/b32-31-;;.